The summed E-state index contributed by atoms with van der Waals surface area (Å²) in [5.41, 5.74) is 3.31. The molecule has 2 aromatic rings. The maximum absolute atomic E-state index is 12.5. The largest absolute Gasteiger partial charge is 0.478 e. The monoisotopic (exact) mass is 366 g/mol. The molecule has 0 atom stereocenters. The van der Waals surface area contributed by atoms with Gasteiger partial charge in [0.2, 0.25) is 0 Å². The van der Waals surface area contributed by atoms with E-state index in [4.69, 9.17) is 5.11 Å². The predicted octanol–water partition coefficient (Wildman–Crippen LogP) is 3.37. The van der Waals surface area contributed by atoms with E-state index in [1.54, 1.807) is 6.08 Å². The molecule has 0 fully saturated rings. The molecule has 0 unspecified atom stereocenters. The van der Waals surface area contributed by atoms with E-state index in [0.29, 0.717) is 5.69 Å². The minimum Gasteiger partial charge on any atom is -0.478 e. The van der Waals surface area contributed by atoms with Gasteiger partial charge in [0.25, 0.3) is 5.91 Å². The first-order chi connectivity index (χ1) is 12.7. The molecule has 0 aromatic heterocycles. The van der Waals surface area contributed by atoms with Crippen molar-refractivity contribution < 1.29 is 19.5 Å². The van der Waals surface area contributed by atoms with Gasteiger partial charge in [0.15, 0.2) is 5.78 Å². The Morgan fingerprint density at radius 2 is 1.67 bits per heavy atom. The maximum atomic E-state index is 12.5. The summed E-state index contributed by atoms with van der Waals surface area (Å²) < 4.78 is 0. The number of ketones is 1. The lowest BCUT2D eigenvalue weighted by molar-refractivity contribution is -0.118. The van der Waals surface area contributed by atoms with Crippen LogP contribution in [-0.4, -0.2) is 36.9 Å². The second-order valence-electron chi connectivity index (χ2n) is 6.39. The molecule has 0 spiro atoms. The van der Waals surface area contributed by atoms with Crippen molar-refractivity contribution in [2.75, 3.05) is 24.3 Å². The fourth-order valence-corrected chi connectivity index (χ4v) is 2.48. The Morgan fingerprint density at radius 3 is 2.15 bits per heavy atom. The van der Waals surface area contributed by atoms with Gasteiger partial charge in [0.05, 0.1) is 11.1 Å². The number of carboxylic acid groups (broad SMARTS) is 1. The van der Waals surface area contributed by atoms with Gasteiger partial charge in [-0.05, 0) is 67.4 Å². The first kappa shape index (κ1) is 19.9. The van der Waals surface area contributed by atoms with Crippen molar-refractivity contribution in [3.8, 4) is 0 Å². The van der Waals surface area contributed by atoms with Gasteiger partial charge in [-0.1, -0.05) is 6.07 Å². The summed E-state index contributed by atoms with van der Waals surface area (Å²) in [5.74, 6) is -1.94. The van der Waals surface area contributed by atoms with Gasteiger partial charge in [-0.2, -0.15) is 0 Å². The number of carboxylic acids is 1. The van der Waals surface area contributed by atoms with Gasteiger partial charge < -0.3 is 15.3 Å². The van der Waals surface area contributed by atoms with Crippen molar-refractivity contribution in [2.24, 2.45) is 0 Å². The number of anilines is 2. The third-order valence-electron chi connectivity index (χ3n) is 4.08. The molecular formula is C21H22N2O4. The van der Waals surface area contributed by atoms with Crippen molar-refractivity contribution in [3.05, 3.63) is 64.7 Å². The molecule has 0 saturated carbocycles. The van der Waals surface area contributed by atoms with Crippen LogP contribution in [0, 0.1) is 6.92 Å². The Kier molecular flexibility index (Phi) is 6.13. The molecule has 0 aliphatic heterocycles. The maximum Gasteiger partial charge on any atom is 0.335 e. The lowest BCUT2D eigenvalue weighted by Gasteiger charge is -2.14. The Morgan fingerprint density at radius 1 is 1.04 bits per heavy atom. The van der Waals surface area contributed by atoms with Crippen molar-refractivity contribution >= 4 is 35.1 Å². The first-order valence-electron chi connectivity index (χ1n) is 8.34. The second-order valence-corrected chi connectivity index (χ2v) is 6.39. The van der Waals surface area contributed by atoms with Crippen LogP contribution >= 0.6 is 0 Å². The smallest absolute Gasteiger partial charge is 0.335 e. The zero-order valence-electron chi connectivity index (χ0n) is 15.7. The number of carbonyl (C=O) groups excluding carboxylic acids is 2. The number of rotatable bonds is 6. The van der Waals surface area contributed by atoms with Crippen molar-refractivity contribution in [3.63, 3.8) is 0 Å². The number of hydrogen-bond donors (Lipinski definition) is 2. The zero-order valence-corrected chi connectivity index (χ0v) is 15.7. The van der Waals surface area contributed by atoms with Crippen LogP contribution in [0.25, 0.3) is 6.08 Å². The van der Waals surface area contributed by atoms with Crippen LogP contribution in [0.3, 0.4) is 0 Å². The molecule has 0 aliphatic rings. The first-order valence-corrected chi connectivity index (χ1v) is 8.34. The van der Waals surface area contributed by atoms with Gasteiger partial charge in [-0.25, -0.2) is 4.79 Å². The molecule has 27 heavy (non-hydrogen) atoms. The molecule has 2 N–H and O–H groups in total. The minimum absolute atomic E-state index is 0.0259. The summed E-state index contributed by atoms with van der Waals surface area (Å²) in [6, 6.07) is 11.5. The number of aromatic carboxylic acids is 1. The number of nitrogens with one attached hydrogen (secondary N) is 1. The van der Waals surface area contributed by atoms with Gasteiger partial charge in [-0.15, -0.1) is 0 Å². The van der Waals surface area contributed by atoms with Crippen molar-refractivity contribution in [2.45, 2.75) is 13.8 Å². The average molecular weight is 366 g/mol. The van der Waals surface area contributed by atoms with Gasteiger partial charge >= 0.3 is 5.97 Å². The summed E-state index contributed by atoms with van der Waals surface area (Å²) >= 11 is 0. The number of aryl methyl sites for hydroxylation is 1. The minimum atomic E-state index is -1.05. The standard InChI is InChI=1S/C21H22N2O4/c1-13-11-18(23(3)4)10-7-16(13)12-19(14(2)24)20(25)22-17-8-5-15(6-9-17)21(26)27/h5-12H,1-4H3,(H,22,25)(H,26,27)/b19-12-. The van der Waals surface area contributed by atoms with Crippen LogP contribution in [0.4, 0.5) is 11.4 Å². The van der Waals surface area contributed by atoms with Crippen LogP contribution in [0.2, 0.25) is 0 Å². The fraction of sp³-hybridized carbons (Fsp3) is 0.190. The number of carbonyl (C=O) groups is 3. The Hall–Kier alpha value is -3.41. The molecule has 6 nitrogen and oxygen atoms in total. The van der Waals surface area contributed by atoms with E-state index in [2.05, 4.69) is 5.32 Å². The normalized spacial score (nSPS) is 11.0. The van der Waals surface area contributed by atoms with E-state index in [0.717, 1.165) is 16.8 Å². The summed E-state index contributed by atoms with van der Waals surface area (Å²) in [7, 11) is 3.88. The highest BCUT2D eigenvalue weighted by molar-refractivity contribution is 6.25. The third-order valence-corrected chi connectivity index (χ3v) is 4.08. The van der Waals surface area contributed by atoms with E-state index in [9.17, 15) is 14.4 Å². The summed E-state index contributed by atoms with van der Waals surface area (Å²) in [5, 5.41) is 11.5. The molecule has 0 radical (unpaired) electrons. The van der Waals surface area contributed by atoms with Crippen LogP contribution in [0.5, 0.6) is 0 Å². The number of Topliss-reactive ketones (excluding diaryl/α,β-unsaturated/α-hetero) is 1. The van der Waals surface area contributed by atoms with E-state index in [1.807, 2.05) is 44.1 Å². The second kappa shape index (κ2) is 8.31. The van der Waals surface area contributed by atoms with Gasteiger partial charge in [0.1, 0.15) is 0 Å². The molecule has 140 valence electrons. The molecule has 2 rings (SSSR count). The third kappa shape index (κ3) is 5.04. The van der Waals surface area contributed by atoms with E-state index in [-0.39, 0.29) is 16.9 Å². The zero-order chi connectivity index (χ0) is 20.1. The molecule has 6 heteroatoms. The van der Waals surface area contributed by atoms with Gasteiger partial charge in [-0.3, -0.25) is 9.59 Å². The summed E-state index contributed by atoms with van der Waals surface area (Å²) in [6.07, 6.45) is 1.57. The summed E-state index contributed by atoms with van der Waals surface area (Å²) in [4.78, 5) is 37.4. The topological polar surface area (TPSA) is 86.7 Å². The highest BCUT2D eigenvalue weighted by Crippen LogP contribution is 2.20. The quantitative estimate of drug-likeness (QED) is 0.465. The van der Waals surface area contributed by atoms with Crippen molar-refractivity contribution in [1.82, 2.24) is 0 Å². The molecular weight excluding hydrogens is 344 g/mol. The number of hydrogen-bond acceptors (Lipinski definition) is 4. The highest BCUT2D eigenvalue weighted by Gasteiger charge is 2.16. The molecule has 0 saturated heterocycles. The van der Waals surface area contributed by atoms with Crippen LogP contribution < -0.4 is 10.2 Å². The number of benzene rings is 2. The van der Waals surface area contributed by atoms with E-state index in [1.165, 1.54) is 31.2 Å². The van der Waals surface area contributed by atoms with E-state index < -0.39 is 11.9 Å². The molecule has 1 amide bonds. The SMILES string of the molecule is CC(=O)/C(=C/c1ccc(N(C)C)cc1C)C(=O)Nc1ccc(C(=O)O)cc1. The Bertz CT molecular complexity index is 912. The number of nitrogens with zero attached hydrogens (tertiary/aromatic N) is 1. The molecule has 2 aromatic carbocycles. The van der Waals surface area contributed by atoms with Crippen molar-refractivity contribution in [1.29, 1.82) is 0 Å². The summed E-state index contributed by atoms with van der Waals surface area (Å²) in [6.45, 7) is 3.25. The van der Waals surface area contributed by atoms with Crippen LogP contribution in [0.15, 0.2) is 48.0 Å². The lowest BCUT2D eigenvalue weighted by Crippen LogP contribution is -2.19. The highest BCUT2D eigenvalue weighted by atomic mass is 16.4. The van der Waals surface area contributed by atoms with E-state index >= 15 is 0 Å². The Labute approximate surface area is 158 Å². The van der Waals surface area contributed by atoms with Crippen LogP contribution in [0.1, 0.15) is 28.4 Å². The molecule has 0 heterocycles. The molecule has 0 bridgehead atoms. The van der Waals surface area contributed by atoms with Crippen LogP contribution in [-0.2, 0) is 9.59 Å². The number of amides is 1. The predicted molar refractivity (Wildman–Crippen MR) is 106 cm³/mol. The lowest BCUT2D eigenvalue weighted by atomic mass is 10.0. The average Bonchev–Trinajstić information content (AvgIpc) is 2.60. The fourth-order valence-electron chi connectivity index (χ4n) is 2.48. The Balaban J connectivity index is 2.28. The molecule has 0 aliphatic carbocycles. The van der Waals surface area contributed by atoms with Gasteiger partial charge in [0, 0.05) is 25.5 Å².